The quantitative estimate of drug-likeness (QED) is 0.244. The molecule has 3 N–H and O–H groups in total. The zero-order chi connectivity index (χ0) is 15.5. The lowest BCUT2D eigenvalue weighted by atomic mass is 10.0. The summed E-state index contributed by atoms with van der Waals surface area (Å²) in [6, 6.07) is 0.388. The summed E-state index contributed by atoms with van der Waals surface area (Å²) in [6.45, 7) is 9.68. The Balaban J connectivity index is 0.00000441. The summed E-state index contributed by atoms with van der Waals surface area (Å²) in [4.78, 5) is 4.34. The van der Waals surface area contributed by atoms with E-state index in [1.54, 1.807) is 0 Å². The molecule has 1 fully saturated rings. The summed E-state index contributed by atoms with van der Waals surface area (Å²) in [7, 11) is 0. The van der Waals surface area contributed by atoms with Crippen LogP contribution >= 0.6 is 24.0 Å². The van der Waals surface area contributed by atoms with E-state index in [9.17, 15) is 0 Å². The van der Waals surface area contributed by atoms with Gasteiger partial charge in [0.05, 0.1) is 12.7 Å². The number of hydrogen-bond acceptors (Lipinski definition) is 3. The zero-order valence-electron chi connectivity index (χ0n) is 14.3. The molecule has 132 valence electrons. The highest BCUT2D eigenvalue weighted by Crippen LogP contribution is 2.09. The van der Waals surface area contributed by atoms with Crippen molar-refractivity contribution < 1.29 is 9.47 Å². The number of aliphatic imine (C=N–C) groups is 1. The number of ether oxygens (including phenoxy) is 2. The van der Waals surface area contributed by atoms with Gasteiger partial charge in [0.2, 0.25) is 0 Å². The first-order valence-corrected chi connectivity index (χ1v) is 8.33. The van der Waals surface area contributed by atoms with E-state index in [0.29, 0.717) is 18.5 Å². The van der Waals surface area contributed by atoms with Crippen LogP contribution in [0.3, 0.4) is 0 Å². The van der Waals surface area contributed by atoms with Crippen molar-refractivity contribution >= 4 is 29.9 Å². The van der Waals surface area contributed by atoms with Crippen LogP contribution < -0.4 is 11.1 Å². The smallest absolute Gasteiger partial charge is 0.188 e. The molecular weight excluding hydrogens is 393 g/mol. The molecule has 0 saturated carbocycles. The van der Waals surface area contributed by atoms with Crippen LogP contribution in [0.15, 0.2) is 4.99 Å². The SMILES string of the molecule is CC(C)CCCC(C)NC(N)=NCCCOC1CCOC1.I. The first-order chi connectivity index (χ1) is 10.1. The Bertz CT molecular complexity index is 295. The van der Waals surface area contributed by atoms with E-state index in [4.69, 9.17) is 15.2 Å². The van der Waals surface area contributed by atoms with Crippen molar-refractivity contribution in [2.45, 2.75) is 65.0 Å². The van der Waals surface area contributed by atoms with Crippen LogP contribution in [0.1, 0.15) is 52.9 Å². The second-order valence-corrected chi connectivity index (χ2v) is 6.35. The molecule has 2 atom stereocenters. The lowest BCUT2D eigenvalue weighted by Gasteiger charge is -2.15. The van der Waals surface area contributed by atoms with Gasteiger partial charge < -0.3 is 20.5 Å². The van der Waals surface area contributed by atoms with Gasteiger partial charge in [0.1, 0.15) is 0 Å². The fourth-order valence-corrected chi connectivity index (χ4v) is 2.36. The number of guanidine groups is 1. The maximum atomic E-state index is 5.89. The summed E-state index contributed by atoms with van der Waals surface area (Å²) in [5.41, 5.74) is 5.89. The normalized spacial score (nSPS) is 20.0. The minimum absolute atomic E-state index is 0. The summed E-state index contributed by atoms with van der Waals surface area (Å²) in [6.07, 6.45) is 5.84. The molecular formula is C16H34IN3O2. The average molecular weight is 427 g/mol. The van der Waals surface area contributed by atoms with E-state index >= 15 is 0 Å². The monoisotopic (exact) mass is 427 g/mol. The molecule has 0 aromatic heterocycles. The minimum Gasteiger partial charge on any atom is -0.379 e. The number of nitrogens with zero attached hydrogens (tertiary/aromatic N) is 1. The number of nitrogens with two attached hydrogens (primary N) is 1. The zero-order valence-corrected chi connectivity index (χ0v) is 16.7. The lowest BCUT2D eigenvalue weighted by molar-refractivity contribution is 0.0424. The third-order valence-electron chi connectivity index (χ3n) is 3.64. The predicted molar refractivity (Wildman–Crippen MR) is 103 cm³/mol. The van der Waals surface area contributed by atoms with Crippen molar-refractivity contribution in [2.75, 3.05) is 26.4 Å². The van der Waals surface area contributed by atoms with E-state index in [2.05, 4.69) is 31.1 Å². The average Bonchev–Trinajstić information content (AvgIpc) is 2.91. The van der Waals surface area contributed by atoms with Crippen molar-refractivity contribution in [2.24, 2.45) is 16.6 Å². The molecule has 0 amide bonds. The predicted octanol–water partition coefficient (Wildman–Crippen LogP) is 2.92. The number of hydrogen-bond donors (Lipinski definition) is 2. The summed E-state index contributed by atoms with van der Waals surface area (Å²) < 4.78 is 10.9. The highest BCUT2D eigenvalue weighted by molar-refractivity contribution is 14.0. The van der Waals surface area contributed by atoms with Gasteiger partial charge in [-0.1, -0.05) is 26.7 Å². The summed E-state index contributed by atoms with van der Waals surface area (Å²) in [5.74, 6) is 1.32. The van der Waals surface area contributed by atoms with Gasteiger partial charge in [0, 0.05) is 25.8 Å². The third kappa shape index (κ3) is 11.5. The van der Waals surface area contributed by atoms with Crippen LogP contribution in [0.2, 0.25) is 0 Å². The molecule has 1 saturated heterocycles. The minimum atomic E-state index is 0. The van der Waals surface area contributed by atoms with Crippen LogP contribution in [0.4, 0.5) is 0 Å². The first-order valence-electron chi connectivity index (χ1n) is 8.33. The standard InChI is InChI=1S/C16H33N3O2.HI/c1-13(2)6-4-7-14(3)19-16(17)18-9-5-10-21-15-8-11-20-12-15;/h13-15H,4-12H2,1-3H3,(H3,17,18,19);1H. The Morgan fingerprint density at radius 3 is 2.73 bits per heavy atom. The topological polar surface area (TPSA) is 68.9 Å². The molecule has 22 heavy (non-hydrogen) atoms. The molecule has 0 bridgehead atoms. The molecule has 1 aliphatic heterocycles. The Kier molecular flexibility index (Phi) is 13.3. The van der Waals surface area contributed by atoms with Crippen LogP contribution in [0, 0.1) is 5.92 Å². The number of nitrogens with one attached hydrogen (secondary N) is 1. The highest BCUT2D eigenvalue weighted by atomic mass is 127. The molecule has 1 aliphatic rings. The lowest BCUT2D eigenvalue weighted by Crippen LogP contribution is -2.38. The maximum absolute atomic E-state index is 5.89. The molecule has 1 heterocycles. The maximum Gasteiger partial charge on any atom is 0.188 e. The van der Waals surface area contributed by atoms with E-state index in [-0.39, 0.29) is 30.1 Å². The van der Waals surface area contributed by atoms with Gasteiger partial charge in [-0.25, -0.2) is 0 Å². The Hall–Kier alpha value is -0.0800. The van der Waals surface area contributed by atoms with Crippen molar-refractivity contribution in [1.82, 2.24) is 5.32 Å². The van der Waals surface area contributed by atoms with Crippen molar-refractivity contribution in [3.63, 3.8) is 0 Å². The van der Waals surface area contributed by atoms with E-state index in [1.165, 1.54) is 12.8 Å². The van der Waals surface area contributed by atoms with Crippen LogP contribution in [0.25, 0.3) is 0 Å². The molecule has 0 spiro atoms. The molecule has 2 unspecified atom stereocenters. The third-order valence-corrected chi connectivity index (χ3v) is 3.64. The van der Waals surface area contributed by atoms with Crippen LogP contribution in [0.5, 0.6) is 0 Å². The Morgan fingerprint density at radius 1 is 1.32 bits per heavy atom. The van der Waals surface area contributed by atoms with Crippen molar-refractivity contribution in [1.29, 1.82) is 0 Å². The molecule has 1 rings (SSSR count). The van der Waals surface area contributed by atoms with Gasteiger partial charge in [-0.05, 0) is 32.1 Å². The molecule has 5 nitrogen and oxygen atoms in total. The fourth-order valence-electron chi connectivity index (χ4n) is 2.36. The van der Waals surface area contributed by atoms with Gasteiger partial charge in [-0.2, -0.15) is 0 Å². The molecule has 0 aromatic rings. The summed E-state index contributed by atoms with van der Waals surface area (Å²) in [5, 5.41) is 3.25. The Labute approximate surface area is 152 Å². The fraction of sp³-hybridized carbons (Fsp3) is 0.938. The van der Waals surface area contributed by atoms with E-state index in [1.807, 2.05) is 0 Å². The van der Waals surface area contributed by atoms with Crippen LogP contribution in [-0.4, -0.2) is 44.5 Å². The highest BCUT2D eigenvalue weighted by Gasteiger charge is 2.15. The van der Waals surface area contributed by atoms with E-state index < -0.39 is 0 Å². The van der Waals surface area contributed by atoms with Gasteiger partial charge in [0.15, 0.2) is 5.96 Å². The van der Waals surface area contributed by atoms with Crippen molar-refractivity contribution in [3.05, 3.63) is 0 Å². The molecule has 0 aromatic carbocycles. The first kappa shape index (κ1) is 21.9. The Morgan fingerprint density at radius 2 is 2.09 bits per heavy atom. The molecule has 0 aliphatic carbocycles. The van der Waals surface area contributed by atoms with Crippen LogP contribution in [-0.2, 0) is 9.47 Å². The van der Waals surface area contributed by atoms with Gasteiger partial charge in [-0.15, -0.1) is 24.0 Å². The van der Waals surface area contributed by atoms with Gasteiger partial charge >= 0.3 is 0 Å². The second-order valence-electron chi connectivity index (χ2n) is 6.35. The second kappa shape index (κ2) is 13.4. The molecule has 0 radical (unpaired) electrons. The summed E-state index contributed by atoms with van der Waals surface area (Å²) >= 11 is 0. The van der Waals surface area contributed by atoms with Gasteiger partial charge in [0.25, 0.3) is 0 Å². The number of halogens is 1. The largest absolute Gasteiger partial charge is 0.379 e. The van der Waals surface area contributed by atoms with Crippen molar-refractivity contribution in [3.8, 4) is 0 Å². The molecule has 6 heteroatoms. The number of rotatable bonds is 10. The van der Waals surface area contributed by atoms with E-state index in [0.717, 1.165) is 45.0 Å². The van der Waals surface area contributed by atoms with Gasteiger partial charge in [-0.3, -0.25) is 4.99 Å².